The molecule has 7 nitrogen and oxygen atoms in total. The molecule has 1 aliphatic heterocycles. The average Bonchev–Trinajstić information content (AvgIpc) is 2.92. The first kappa shape index (κ1) is 12.9. The Kier molecular flexibility index (Phi) is 4.21. The molecule has 0 saturated carbocycles. The Balaban J connectivity index is 1.88. The number of carbonyl (C=O) groups is 2. The lowest BCUT2D eigenvalue weighted by Crippen LogP contribution is -2.49. The molecule has 0 spiro atoms. The summed E-state index contributed by atoms with van der Waals surface area (Å²) in [5, 5.41) is 8.45. The van der Waals surface area contributed by atoms with E-state index in [2.05, 4.69) is 14.9 Å². The SMILES string of the molecule is CN(CC(=O)N1CCNCC1)C(=O)c1csnn1. The van der Waals surface area contributed by atoms with E-state index in [9.17, 15) is 9.59 Å². The molecule has 98 valence electrons. The van der Waals surface area contributed by atoms with Gasteiger partial charge in [0.1, 0.15) is 0 Å². The van der Waals surface area contributed by atoms with Crippen molar-refractivity contribution in [2.24, 2.45) is 0 Å². The van der Waals surface area contributed by atoms with Crippen LogP contribution in [0.15, 0.2) is 5.38 Å². The Morgan fingerprint density at radius 2 is 2.22 bits per heavy atom. The van der Waals surface area contributed by atoms with Crippen molar-refractivity contribution < 1.29 is 9.59 Å². The molecule has 1 saturated heterocycles. The number of amides is 2. The zero-order valence-electron chi connectivity index (χ0n) is 10.1. The number of rotatable bonds is 3. The summed E-state index contributed by atoms with van der Waals surface area (Å²) in [6, 6.07) is 0. The standard InChI is InChI=1S/C10H15N5O2S/c1-14(10(17)8-7-18-13-12-8)6-9(16)15-4-2-11-3-5-15/h7,11H,2-6H2,1H3. The van der Waals surface area contributed by atoms with Gasteiger partial charge in [0.25, 0.3) is 5.91 Å². The summed E-state index contributed by atoms with van der Waals surface area (Å²) < 4.78 is 3.64. The minimum atomic E-state index is -0.271. The van der Waals surface area contributed by atoms with Crippen molar-refractivity contribution in [3.8, 4) is 0 Å². The lowest BCUT2D eigenvalue weighted by Gasteiger charge is -2.29. The van der Waals surface area contributed by atoms with Gasteiger partial charge in [0.2, 0.25) is 5.91 Å². The lowest BCUT2D eigenvalue weighted by atomic mass is 10.3. The first-order valence-electron chi connectivity index (χ1n) is 5.69. The van der Waals surface area contributed by atoms with Crippen LogP contribution in [0.5, 0.6) is 0 Å². The highest BCUT2D eigenvalue weighted by Crippen LogP contribution is 2.03. The molecule has 0 atom stereocenters. The summed E-state index contributed by atoms with van der Waals surface area (Å²) in [5.41, 5.74) is 0.288. The van der Waals surface area contributed by atoms with Gasteiger partial charge in [0.15, 0.2) is 5.69 Å². The molecule has 1 aliphatic rings. The van der Waals surface area contributed by atoms with Crippen LogP contribution in [0.25, 0.3) is 0 Å². The van der Waals surface area contributed by atoms with Crippen molar-refractivity contribution in [1.82, 2.24) is 24.7 Å². The van der Waals surface area contributed by atoms with Gasteiger partial charge in [0.05, 0.1) is 6.54 Å². The molecule has 1 aromatic rings. The molecule has 0 aromatic carbocycles. The highest BCUT2D eigenvalue weighted by Gasteiger charge is 2.21. The van der Waals surface area contributed by atoms with Crippen molar-refractivity contribution in [1.29, 1.82) is 0 Å². The van der Waals surface area contributed by atoms with Gasteiger partial charge in [-0.25, -0.2) is 0 Å². The molecule has 2 amide bonds. The van der Waals surface area contributed by atoms with Gasteiger partial charge in [-0.3, -0.25) is 9.59 Å². The quantitative estimate of drug-likeness (QED) is 0.765. The molecule has 2 rings (SSSR count). The van der Waals surface area contributed by atoms with E-state index in [1.807, 2.05) is 0 Å². The van der Waals surface area contributed by atoms with Gasteiger partial charge in [-0.1, -0.05) is 4.49 Å². The minimum absolute atomic E-state index is 0.0319. The number of piperazine rings is 1. The normalized spacial score (nSPS) is 15.5. The molecule has 0 radical (unpaired) electrons. The molecule has 1 N–H and O–H groups in total. The smallest absolute Gasteiger partial charge is 0.275 e. The highest BCUT2D eigenvalue weighted by molar-refractivity contribution is 7.03. The predicted octanol–water partition coefficient (Wildman–Crippen LogP) is -0.958. The van der Waals surface area contributed by atoms with Gasteiger partial charge in [-0.2, -0.15) is 0 Å². The molecule has 1 fully saturated rings. The van der Waals surface area contributed by atoms with E-state index in [0.717, 1.165) is 24.6 Å². The molecule has 1 aromatic heterocycles. The maximum atomic E-state index is 12.0. The summed E-state index contributed by atoms with van der Waals surface area (Å²) in [6.45, 7) is 3.08. The molecule has 0 aliphatic carbocycles. The van der Waals surface area contributed by atoms with Crippen LogP contribution in [0.2, 0.25) is 0 Å². The van der Waals surface area contributed by atoms with Crippen LogP contribution in [0.3, 0.4) is 0 Å². The lowest BCUT2D eigenvalue weighted by molar-refractivity contribution is -0.132. The Hall–Kier alpha value is -1.54. The van der Waals surface area contributed by atoms with Crippen LogP contribution in [-0.2, 0) is 4.79 Å². The van der Waals surface area contributed by atoms with Crippen molar-refractivity contribution >= 4 is 23.3 Å². The third kappa shape index (κ3) is 3.02. The second kappa shape index (κ2) is 5.87. The Morgan fingerprint density at radius 3 is 2.83 bits per heavy atom. The summed E-state index contributed by atoms with van der Waals surface area (Å²) in [7, 11) is 1.60. The zero-order chi connectivity index (χ0) is 13.0. The first-order valence-corrected chi connectivity index (χ1v) is 6.53. The predicted molar refractivity (Wildman–Crippen MR) is 66.3 cm³/mol. The van der Waals surface area contributed by atoms with Crippen molar-refractivity contribution in [3.05, 3.63) is 11.1 Å². The van der Waals surface area contributed by atoms with E-state index >= 15 is 0 Å². The van der Waals surface area contributed by atoms with E-state index in [1.54, 1.807) is 17.3 Å². The first-order chi connectivity index (χ1) is 8.68. The van der Waals surface area contributed by atoms with Crippen LogP contribution in [-0.4, -0.2) is 71.0 Å². The second-order valence-electron chi connectivity index (χ2n) is 4.08. The topological polar surface area (TPSA) is 78.4 Å². The van der Waals surface area contributed by atoms with E-state index in [0.29, 0.717) is 13.1 Å². The molecule has 2 heterocycles. The number of likely N-dealkylation sites (N-methyl/N-ethyl adjacent to an activating group) is 1. The summed E-state index contributed by atoms with van der Waals surface area (Å²) >= 11 is 1.12. The Morgan fingerprint density at radius 1 is 1.50 bits per heavy atom. The third-order valence-corrected chi connectivity index (χ3v) is 3.27. The van der Waals surface area contributed by atoms with Crippen LogP contribution in [0.4, 0.5) is 0 Å². The fourth-order valence-corrected chi connectivity index (χ4v) is 2.17. The largest absolute Gasteiger partial charge is 0.339 e. The molecule has 0 bridgehead atoms. The number of nitrogens with one attached hydrogen (secondary N) is 1. The van der Waals surface area contributed by atoms with Gasteiger partial charge in [-0.15, -0.1) is 5.10 Å². The van der Waals surface area contributed by atoms with E-state index in [-0.39, 0.29) is 24.1 Å². The Labute approximate surface area is 109 Å². The number of carbonyl (C=O) groups excluding carboxylic acids is 2. The van der Waals surface area contributed by atoms with Crippen LogP contribution >= 0.6 is 11.5 Å². The van der Waals surface area contributed by atoms with Gasteiger partial charge in [0, 0.05) is 38.6 Å². The number of nitrogens with zero attached hydrogens (tertiary/aromatic N) is 4. The van der Waals surface area contributed by atoms with Crippen molar-refractivity contribution in [2.75, 3.05) is 39.8 Å². The molecule has 18 heavy (non-hydrogen) atoms. The van der Waals surface area contributed by atoms with E-state index < -0.39 is 0 Å². The van der Waals surface area contributed by atoms with Crippen molar-refractivity contribution in [3.63, 3.8) is 0 Å². The number of aromatic nitrogens is 2. The molecular weight excluding hydrogens is 254 g/mol. The number of hydrogen-bond acceptors (Lipinski definition) is 6. The van der Waals surface area contributed by atoms with Gasteiger partial charge >= 0.3 is 0 Å². The van der Waals surface area contributed by atoms with Crippen LogP contribution in [0.1, 0.15) is 10.5 Å². The summed E-state index contributed by atoms with van der Waals surface area (Å²) in [5.74, 6) is -0.303. The fourth-order valence-electron chi connectivity index (χ4n) is 1.74. The monoisotopic (exact) mass is 269 g/mol. The maximum absolute atomic E-state index is 12.0. The summed E-state index contributed by atoms with van der Waals surface area (Å²) in [6.07, 6.45) is 0. The molecule has 0 unspecified atom stereocenters. The van der Waals surface area contributed by atoms with Gasteiger partial charge < -0.3 is 15.1 Å². The molecular formula is C10H15N5O2S. The Bertz CT molecular complexity index is 416. The zero-order valence-corrected chi connectivity index (χ0v) is 10.9. The fraction of sp³-hybridized carbons (Fsp3) is 0.600. The highest BCUT2D eigenvalue weighted by atomic mass is 32.1. The third-order valence-electron chi connectivity index (χ3n) is 2.77. The molecule has 8 heteroatoms. The summed E-state index contributed by atoms with van der Waals surface area (Å²) in [4.78, 5) is 27.0. The second-order valence-corrected chi connectivity index (χ2v) is 4.69. The minimum Gasteiger partial charge on any atom is -0.339 e. The maximum Gasteiger partial charge on any atom is 0.275 e. The van der Waals surface area contributed by atoms with Crippen LogP contribution in [0, 0.1) is 0 Å². The number of hydrogen-bond donors (Lipinski definition) is 1. The average molecular weight is 269 g/mol. The van der Waals surface area contributed by atoms with Gasteiger partial charge in [-0.05, 0) is 11.5 Å². The van der Waals surface area contributed by atoms with E-state index in [1.165, 1.54) is 4.90 Å². The van der Waals surface area contributed by atoms with Crippen molar-refractivity contribution in [2.45, 2.75) is 0 Å². The van der Waals surface area contributed by atoms with Crippen LogP contribution < -0.4 is 5.32 Å². The van der Waals surface area contributed by atoms with E-state index in [4.69, 9.17) is 0 Å².